The largest absolute Gasteiger partial charge is 0.319 e. The van der Waals surface area contributed by atoms with Gasteiger partial charge in [-0.3, -0.25) is 19.7 Å². The molecule has 2 amide bonds. The van der Waals surface area contributed by atoms with Crippen LogP contribution in [0.4, 0.5) is 11.4 Å². The Morgan fingerprint density at radius 2 is 2.00 bits per heavy atom. The van der Waals surface area contributed by atoms with E-state index >= 15 is 0 Å². The van der Waals surface area contributed by atoms with Crippen LogP contribution >= 0.6 is 0 Å². The molecule has 0 aliphatic carbocycles. The third-order valence-corrected chi connectivity index (χ3v) is 2.50. The number of imide groups is 1. The first-order valence-corrected chi connectivity index (χ1v) is 4.88. The third-order valence-electron chi connectivity index (χ3n) is 2.50. The zero-order chi connectivity index (χ0) is 12.6. The highest BCUT2D eigenvalue weighted by molar-refractivity contribution is 6.23. The van der Waals surface area contributed by atoms with Gasteiger partial charge in [0.15, 0.2) is 0 Å². The average Bonchev–Trinajstić information content (AvgIpc) is 2.53. The van der Waals surface area contributed by atoms with Crippen LogP contribution in [0.5, 0.6) is 0 Å². The molecule has 0 saturated carbocycles. The van der Waals surface area contributed by atoms with Crippen LogP contribution in [-0.4, -0.2) is 22.8 Å². The van der Waals surface area contributed by atoms with Gasteiger partial charge >= 0.3 is 0 Å². The Labute approximate surface area is 96.0 Å². The van der Waals surface area contributed by atoms with Crippen molar-refractivity contribution in [3.05, 3.63) is 34.4 Å². The summed E-state index contributed by atoms with van der Waals surface area (Å²) in [6, 6.07) is 4.66. The summed E-state index contributed by atoms with van der Waals surface area (Å²) in [5.41, 5.74) is 5.12. The van der Waals surface area contributed by atoms with Crippen molar-refractivity contribution in [1.29, 1.82) is 0 Å². The maximum absolute atomic E-state index is 11.6. The Kier molecular flexibility index (Phi) is 2.60. The van der Waals surface area contributed by atoms with Crippen LogP contribution in [0.3, 0.4) is 0 Å². The van der Waals surface area contributed by atoms with Crippen molar-refractivity contribution in [3.8, 4) is 0 Å². The monoisotopic (exact) mass is 235 g/mol. The molecule has 1 aromatic carbocycles. The summed E-state index contributed by atoms with van der Waals surface area (Å²) >= 11 is 0. The Hall–Kier alpha value is -2.28. The number of hydrogen-bond acceptors (Lipinski definition) is 5. The first-order valence-electron chi connectivity index (χ1n) is 4.88. The first-order chi connectivity index (χ1) is 8.02. The van der Waals surface area contributed by atoms with E-state index in [9.17, 15) is 19.7 Å². The number of nitro groups is 1. The number of nitrogens with zero attached hydrogens (tertiary/aromatic N) is 2. The Morgan fingerprint density at radius 3 is 2.53 bits per heavy atom. The molecule has 2 N–H and O–H groups in total. The summed E-state index contributed by atoms with van der Waals surface area (Å²) in [6.07, 6.45) is -0.120. The van der Waals surface area contributed by atoms with Gasteiger partial charge in [0.2, 0.25) is 5.91 Å². The van der Waals surface area contributed by atoms with Gasteiger partial charge in [-0.05, 0) is 6.07 Å². The van der Waals surface area contributed by atoms with E-state index in [0.29, 0.717) is 0 Å². The van der Waals surface area contributed by atoms with Crippen molar-refractivity contribution in [2.24, 2.45) is 5.73 Å². The lowest BCUT2D eigenvalue weighted by atomic mass is 10.2. The van der Waals surface area contributed by atoms with E-state index in [-0.39, 0.29) is 17.8 Å². The van der Waals surface area contributed by atoms with Gasteiger partial charge in [-0.15, -0.1) is 0 Å². The average molecular weight is 235 g/mol. The fourth-order valence-electron chi connectivity index (χ4n) is 1.72. The van der Waals surface area contributed by atoms with Gasteiger partial charge in [0, 0.05) is 6.07 Å². The zero-order valence-corrected chi connectivity index (χ0v) is 8.70. The van der Waals surface area contributed by atoms with E-state index in [1.54, 1.807) is 0 Å². The molecule has 0 aromatic heterocycles. The Balaban J connectivity index is 2.51. The quantitative estimate of drug-likeness (QED) is 0.447. The van der Waals surface area contributed by atoms with Gasteiger partial charge in [0.25, 0.3) is 11.6 Å². The van der Waals surface area contributed by atoms with E-state index in [2.05, 4.69) is 0 Å². The number of para-hydroxylation sites is 2. The van der Waals surface area contributed by atoms with Crippen molar-refractivity contribution >= 4 is 23.2 Å². The predicted molar refractivity (Wildman–Crippen MR) is 58.2 cm³/mol. The molecular weight excluding hydrogens is 226 g/mol. The Morgan fingerprint density at radius 1 is 1.35 bits per heavy atom. The summed E-state index contributed by atoms with van der Waals surface area (Å²) in [4.78, 5) is 34.2. The van der Waals surface area contributed by atoms with Gasteiger partial charge in [-0.2, -0.15) is 0 Å². The molecule has 1 saturated heterocycles. The van der Waals surface area contributed by atoms with Crippen molar-refractivity contribution in [3.63, 3.8) is 0 Å². The summed E-state index contributed by atoms with van der Waals surface area (Å²) in [6.45, 7) is 0. The van der Waals surface area contributed by atoms with E-state index in [4.69, 9.17) is 5.73 Å². The number of anilines is 1. The summed E-state index contributed by atoms with van der Waals surface area (Å²) in [5.74, 6) is -1.12. The molecule has 1 aliphatic heterocycles. The number of rotatable bonds is 2. The molecule has 1 aromatic rings. The highest BCUT2D eigenvalue weighted by atomic mass is 16.6. The molecule has 0 bridgehead atoms. The summed E-state index contributed by atoms with van der Waals surface area (Å²) in [7, 11) is 0. The number of benzene rings is 1. The molecule has 1 atom stereocenters. The highest BCUT2D eigenvalue weighted by Crippen LogP contribution is 2.31. The first kappa shape index (κ1) is 11.2. The second-order valence-corrected chi connectivity index (χ2v) is 3.62. The van der Waals surface area contributed by atoms with Gasteiger partial charge in [-0.25, -0.2) is 4.90 Å². The second kappa shape index (κ2) is 3.95. The molecule has 0 unspecified atom stereocenters. The van der Waals surface area contributed by atoms with E-state index in [0.717, 1.165) is 4.90 Å². The number of carbonyl (C=O) groups is 2. The lowest BCUT2D eigenvalue weighted by molar-refractivity contribution is -0.384. The number of nitrogens with two attached hydrogens (primary N) is 1. The smallest absolute Gasteiger partial charge is 0.293 e. The van der Waals surface area contributed by atoms with Crippen LogP contribution in [0, 0.1) is 10.1 Å². The van der Waals surface area contributed by atoms with Gasteiger partial charge < -0.3 is 5.73 Å². The fraction of sp³-hybridized carbons (Fsp3) is 0.200. The minimum absolute atomic E-state index is 0.0274. The maximum Gasteiger partial charge on any atom is 0.293 e. The molecule has 2 rings (SSSR count). The molecule has 0 spiro atoms. The molecule has 1 fully saturated rings. The summed E-state index contributed by atoms with van der Waals surface area (Å²) < 4.78 is 0. The predicted octanol–water partition coefficient (Wildman–Crippen LogP) is 0.185. The van der Waals surface area contributed by atoms with Crippen molar-refractivity contribution in [2.45, 2.75) is 12.5 Å². The minimum Gasteiger partial charge on any atom is -0.319 e. The van der Waals surface area contributed by atoms with Gasteiger partial charge in [0.05, 0.1) is 17.4 Å². The minimum atomic E-state index is -0.915. The lowest BCUT2D eigenvalue weighted by Gasteiger charge is -2.13. The molecule has 17 heavy (non-hydrogen) atoms. The van der Waals surface area contributed by atoms with E-state index < -0.39 is 22.8 Å². The second-order valence-electron chi connectivity index (χ2n) is 3.62. The fourth-order valence-corrected chi connectivity index (χ4v) is 1.72. The van der Waals surface area contributed by atoms with Crippen LogP contribution in [0.25, 0.3) is 0 Å². The number of nitro benzene ring substituents is 1. The van der Waals surface area contributed by atoms with Crippen LogP contribution in [0.1, 0.15) is 6.42 Å². The van der Waals surface area contributed by atoms with Crippen LogP contribution in [0.2, 0.25) is 0 Å². The molecule has 88 valence electrons. The van der Waals surface area contributed by atoms with Crippen LogP contribution in [-0.2, 0) is 9.59 Å². The molecule has 1 aliphatic rings. The number of carbonyl (C=O) groups excluding carboxylic acids is 2. The van der Waals surface area contributed by atoms with E-state index in [1.807, 2.05) is 0 Å². The topological polar surface area (TPSA) is 107 Å². The van der Waals surface area contributed by atoms with Gasteiger partial charge in [-0.1, -0.05) is 12.1 Å². The van der Waals surface area contributed by atoms with Gasteiger partial charge in [0.1, 0.15) is 5.69 Å². The summed E-state index contributed by atoms with van der Waals surface area (Å²) in [5, 5.41) is 10.8. The number of amides is 2. The maximum atomic E-state index is 11.6. The van der Waals surface area contributed by atoms with Crippen LogP contribution in [0.15, 0.2) is 24.3 Å². The molecular formula is C10H9N3O4. The SMILES string of the molecule is N[C@H]1CC(=O)N(c2ccccc2[N+](=O)[O-])C1=O. The normalized spacial score (nSPS) is 19.8. The molecule has 0 radical (unpaired) electrons. The lowest BCUT2D eigenvalue weighted by Crippen LogP contribution is -2.35. The van der Waals surface area contributed by atoms with E-state index in [1.165, 1.54) is 24.3 Å². The number of hydrogen-bond donors (Lipinski definition) is 1. The molecule has 7 nitrogen and oxygen atoms in total. The van der Waals surface area contributed by atoms with Crippen molar-refractivity contribution < 1.29 is 14.5 Å². The van der Waals surface area contributed by atoms with Crippen molar-refractivity contribution in [2.75, 3.05) is 4.90 Å². The third kappa shape index (κ3) is 1.76. The molecule has 1 heterocycles. The highest BCUT2D eigenvalue weighted by Gasteiger charge is 2.39. The standard InChI is InChI=1S/C10H9N3O4/c11-6-5-9(14)12(10(6)15)7-3-1-2-4-8(7)13(16)17/h1-4,6H,5,11H2/t6-/m0/s1. The molecule has 7 heteroatoms. The zero-order valence-electron chi connectivity index (χ0n) is 8.70. The Bertz CT molecular complexity index is 514. The van der Waals surface area contributed by atoms with Crippen LogP contribution < -0.4 is 10.6 Å². The van der Waals surface area contributed by atoms with Crippen molar-refractivity contribution in [1.82, 2.24) is 0 Å².